The molecular formula is C22H20ClN3O3. The highest BCUT2D eigenvalue weighted by atomic mass is 35.5. The van der Waals surface area contributed by atoms with Gasteiger partial charge in [-0.25, -0.2) is 9.48 Å². The van der Waals surface area contributed by atoms with Gasteiger partial charge in [0.25, 0.3) is 5.91 Å². The fourth-order valence-electron chi connectivity index (χ4n) is 2.71. The van der Waals surface area contributed by atoms with Crippen LogP contribution in [0.5, 0.6) is 0 Å². The van der Waals surface area contributed by atoms with Crippen LogP contribution in [0.1, 0.15) is 28.5 Å². The lowest BCUT2D eigenvalue weighted by atomic mass is 10.2. The molecule has 0 saturated heterocycles. The van der Waals surface area contributed by atoms with E-state index in [0.29, 0.717) is 22.9 Å². The first-order chi connectivity index (χ1) is 14.0. The predicted octanol–water partition coefficient (Wildman–Crippen LogP) is 4.66. The van der Waals surface area contributed by atoms with Crippen LogP contribution in [0.2, 0.25) is 5.02 Å². The largest absolute Gasteiger partial charge is 0.463 e. The predicted molar refractivity (Wildman–Crippen MR) is 113 cm³/mol. The van der Waals surface area contributed by atoms with Crippen molar-refractivity contribution in [1.29, 1.82) is 0 Å². The van der Waals surface area contributed by atoms with Crippen LogP contribution in [-0.4, -0.2) is 28.3 Å². The summed E-state index contributed by atoms with van der Waals surface area (Å²) in [5.41, 5.74) is 3.48. The maximum absolute atomic E-state index is 12.6. The number of esters is 1. The number of nitrogens with zero attached hydrogens (tertiary/aromatic N) is 2. The summed E-state index contributed by atoms with van der Waals surface area (Å²) in [4.78, 5) is 24.0. The molecule has 1 aromatic heterocycles. The molecule has 148 valence electrons. The van der Waals surface area contributed by atoms with Crippen LogP contribution in [0.15, 0.2) is 60.8 Å². The summed E-state index contributed by atoms with van der Waals surface area (Å²) < 4.78 is 6.53. The second-order valence-corrected chi connectivity index (χ2v) is 6.63. The molecule has 29 heavy (non-hydrogen) atoms. The molecule has 0 aliphatic heterocycles. The summed E-state index contributed by atoms with van der Waals surface area (Å²) in [6, 6.07) is 14.4. The van der Waals surface area contributed by atoms with Gasteiger partial charge in [-0.1, -0.05) is 23.7 Å². The molecule has 1 N–H and O–H groups in total. The zero-order chi connectivity index (χ0) is 20.8. The molecule has 0 saturated carbocycles. The summed E-state index contributed by atoms with van der Waals surface area (Å²) >= 11 is 5.92. The van der Waals surface area contributed by atoms with Gasteiger partial charge in [0.2, 0.25) is 0 Å². The topological polar surface area (TPSA) is 73.2 Å². The van der Waals surface area contributed by atoms with Gasteiger partial charge in [-0.3, -0.25) is 4.79 Å². The highest BCUT2D eigenvalue weighted by Gasteiger charge is 2.15. The Labute approximate surface area is 173 Å². The minimum absolute atomic E-state index is 0.252. The van der Waals surface area contributed by atoms with Gasteiger partial charge in [0, 0.05) is 16.8 Å². The minimum Gasteiger partial charge on any atom is -0.463 e. The monoisotopic (exact) mass is 409 g/mol. The van der Waals surface area contributed by atoms with E-state index in [4.69, 9.17) is 16.3 Å². The van der Waals surface area contributed by atoms with Crippen LogP contribution >= 0.6 is 11.6 Å². The van der Waals surface area contributed by atoms with Crippen LogP contribution < -0.4 is 5.32 Å². The standard InChI is InChI=1S/C22H20ClN3O3/c1-3-29-21(27)13-6-16-4-9-18(10-5-16)25-22(28)20-14-24-26(15(20)2)19-11-7-17(23)8-12-19/h4-14H,3H2,1-2H3,(H,25,28)/b13-6+. The highest BCUT2D eigenvalue weighted by molar-refractivity contribution is 6.30. The van der Waals surface area contributed by atoms with Crippen molar-refractivity contribution in [1.82, 2.24) is 9.78 Å². The smallest absolute Gasteiger partial charge is 0.330 e. The lowest BCUT2D eigenvalue weighted by Crippen LogP contribution is -2.13. The summed E-state index contributed by atoms with van der Waals surface area (Å²) in [5, 5.41) is 7.80. The van der Waals surface area contributed by atoms with E-state index < -0.39 is 5.97 Å². The summed E-state index contributed by atoms with van der Waals surface area (Å²) in [7, 11) is 0. The summed E-state index contributed by atoms with van der Waals surface area (Å²) in [6.45, 7) is 3.92. The van der Waals surface area contributed by atoms with Crippen molar-refractivity contribution in [2.45, 2.75) is 13.8 Å². The van der Waals surface area contributed by atoms with Crippen LogP contribution in [0.25, 0.3) is 11.8 Å². The Morgan fingerprint density at radius 1 is 1.14 bits per heavy atom. The second kappa shape index (κ2) is 9.21. The van der Waals surface area contributed by atoms with Crippen molar-refractivity contribution >= 4 is 35.2 Å². The Morgan fingerprint density at radius 2 is 1.83 bits per heavy atom. The molecule has 6 nitrogen and oxygen atoms in total. The average molecular weight is 410 g/mol. The van der Waals surface area contributed by atoms with E-state index in [-0.39, 0.29) is 5.91 Å². The maximum Gasteiger partial charge on any atom is 0.330 e. The number of anilines is 1. The number of hydrogen-bond donors (Lipinski definition) is 1. The van der Waals surface area contributed by atoms with E-state index in [1.807, 2.05) is 19.1 Å². The molecule has 7 heteroatoms. The Balaban J connectivity index is 1.69. The molecule has 0 atom stereocenters. The van der Waals surface area contributed by atoms with E-state index >= 15 is 0 Å². The SMILES string of the molecule is CCOC(=O)/C=C/c1ccc(NC(=O)c2cnn(-c3ccc(Cl)cc3)c2C)cc1. The van der Waals surface area contributed by atoms with Gasteiger partial charge < -0.3 is 10.1 Å². The van der Waals surface area contributed by atoms with Crippen molar-refractivity contribution < 1.29 is 14.3 Å². The lowest BCUT2D eigenvalue weighted by Gasteiger charge is -2.07. The molecule has 0 unspecified atom stereocenters. The van der Waals surface area contributed by atoms with Gasteiger partial charge in [0.15, 0.2) is 0 Å². The number of hydrogen-bond acceptors (Lipinski definition) is 4. The van der Waals surface area contributed by atoms with E-state index in [1.54, 1.807) is 54.1 Å². The molecule has 3 rings (SSSR count). The van der Waals surface area contributed by atoms with Gasteiger partial charge in [0.05, 0.1) is 29.7 Å². The van der Waals surface area contributed by atoms with E-state index in [9.17, 15) is 9.59 Å². The number of benzene rings is 2. The molecule has 1 amide bonds. The van der Waals surface area contributed by atoms with Crippen molar-refractivity contribution in [2.75, 3.05) is 11.9 Å². The second-order valence-electron chi connectivity index (χ2n) is 6.19. The van der Waals surface area contributed by atoms with Crippen molar-refractivity contribution in [2.24, 2.45) is 0 Å². The molecular weight excluding hydrogens is 390 g/mol. The lowest BCUT2D eigenvalue weighted by molar-refractivity contribution is -0.137. The van der Waals surface area contributed by atoms with Gasteiger partial charge in [0.1, 0.15) is 0 Å². The quantitative estimate of drug-likeness (QED) is 0.474. The molecule has 1 heterocycles. The zero-order valence-electron chi connectivity index (χ0n) is 16.1. The first-order valence-corrected chi connectivity index (χ1v) is 9.42. The first kappa shape index (κ1) is 20.4. The molecule has 0 aliphatic rings. The third kappa shape index (κ3) is 5.12. The van der Waals surface area contributed by atoms with Crippen LogP contribution in [0.3, 0.4) is 0 Å². The number of ether oxygens (including phenoxy) is 1. The van der Waals surface area contributed by atoms with E-state index in [2.05, 4.69) is 10.4 Å². The maximum atomic E-state index is 12.6. The van der Waals surface area contributed by atoms with Gasteiger partial charge in [-0.15, -0.1) is 0 Å². The summed E-state index contributed by atoms with van der Waals surface area (Å²) in [6.07, 6.45) is 4.56. The molecule has 0 aliphatic carbocycles. The third-order valence-electron chi connectivity index (χ3n) is 4.19. The van der Waals surface area contributed by atoms with E-state index in [1.165, 1.54) is 12.3 Å². The number of halogens is 1. The molecule has 0 fully saturated rings. The zero-order valence-corrected chi connectivity index (χ0v) is 16.8. The van der Waals surface area contributed by atoms with Crippen molar-refractivity contribution in [3.63, 3.8) is 0 Å². The molecule has 0 bridgehead atoms. The number of carbonyl (C=O) groups is 2. The van der Waals surface area contributed by atoms with Gasteiger partial charge in [-0.05, 0) is 61.9 Å². The molecule has 3 aromatic rings. The first-order valence-electron chi connectivity index (χ1n) is 9.04. The van der Waals surface area contributed by atoms with Gasteiger partial charge >= 0.3 is 5.97 Å². The Hall–Kier alpha value is -3.38. The fourth-order valence-corrected chi connectivity index (χ4v) is 2.83. The third-order valence-corrected chi connectivity index (χ3v) is 4.44. The van der Waals surface area contributed by atoms with Gasteiger partial charge in [-0.2, -0.15) is 5.10 Å². The van der Waals surface area contributed by atoms with E-state index in [0.717, 1.165) is 16.9 Å². The molecule has 2 aromatic carbocycles. The minimum atomic E-state index is -0.391. The Kier molecular flexibility index (Phi) is 6.46. The Morgan fingerprint density at radius 3 is 2.48 bits per heavy atom. The number of rotatable bonds is 6. The van der Waals surface area contributed by atoms with Crippen LogP contribution in [0, 0.1) is 6.92 Å². The van der Waals surface area contributed by atoms with Crippen LogP contribution in [0.4, 0.5) is 5.69 Å². The normalized spacial score (nSPS) is 10.9. The Bertz CT molecular complexity index is 1040. The van der Waals surface area contributed by atoms with Crippen LogP contribution in [-0.2, 0) is 9.53 Å². The number of carbonyl (C=O) groups excluding carboxylic acids is 2. The number of amides is 1. The molecule has 0 radical (unpaired) electrons. The van der Waals surface area contributed by atoms with Crippen molar-refractivity contribution in [3.05, 3.63) is 82.6 Å². The number of aromatic nitrogens is 2. The van der Waals surface area contributed by atoms with Crippen molar-refractivity contribution in [3.8, 4) is 5.69 Å². The number of nitrogens with one attached hydrogen (secondary N) is 1. The fraction of sp³-hybridized carbons (Fsp3) is 0.136. The summed E-state index contributed by atoms with van der Waals surface area (Å²) in [5.74, 6) is -0.643. The highest BCUT2D eigenvalue weighted by Crippen LogP contribution is 2.18. The average Bonchev–Trinajstić information content (AvgIpc) is 3.10. The molecule has 0 spiro atoms.